The summed E-state index contributed by atoms with van der Waals surface area (Å²) >= 11 is 0. The van der Waals surface area contributed by atoms with Gasteiger partial charge >= 0.3 is 12.1 Å². The van der Waals surface area contributed by atoms with E-state index in [0.29, 0.717) is 32.0 Å². The molecule has 1 saturated heterocycles. The van der Waals surface area contributed by atoms with Crippen LogP contribution in [0.3, 0.4) is 0 Å². The Morgan fingerprint density at radius 3 is 2.55 bits per heavy atom. The highest BCUT2D eigenvalue weighted by molar-refractivity contribution is 5.97. The number of rotatable bonds is 5. The van der Waals surface area contributed by atoms with E-state index in [4.69, 9.17) is 18.9 Å². The third kappa shape index (κ3) is 5.53. The molecule has 0 spiro atoms. The standard InChI is InChI=1S/C18H19F3N2O6/c19-18(20,21)12-1-2-14(23-3-5-26-6-4-23)13(9-12)22-16(24)11-29-17(25)15-10-27-7-8-28-15/h1-2,9-10H,3-8,11H2,(H,22,24). The highest BCUT2D eigenvalue weighted by Crippen LogP contribution is 2.35. The van der Waals surface area contributed by atoms with Crippen LogP contribution < -0.4 is 10.2 Å². The van der Waals surface area contributed by atoms with E-state index in [9.17, 15) is 22.8 Å². The summed E-state index contributed by atoms with van der Waals surface area (Å²) in [5.41, 5.74) is -0.508. The molecule has 2 aliphatic heterocycles. The Bertz CT molecular complexity index is 790. The summed E-state index contributed by atoms with van der Waals surface area (Å²) in [5.74, 6) is -1.88. The molecule has 0 aromatic heterocycles. The van der Waals surface area contributed by atoms with Gasteiger partial charge in [-0.2, -0.15) is 13.2 Å². The molecule has 2 aliphatic rings. The number of carbonyl (C=O) groups is 2. The lowest BCUT2D eigenvalue weighted by Gasteiger charge is -2.31. The van der Waals surface area contributed by atoms with E-state index in [0.717, 1.165) is 18.4 Å². The fraction of sp³-hybridized carbons (Fsp3) is 0.444. The number of carbonyl (C=O) groups excluding carboxylic acids is 2. The lowest BCUT2D eigenvalue weighted by molar-refractivity contribution is -0.148. The van der Waals surface area contributed by atoms with Crippen LogP contribution >= 0.6 is 0 Å². The number of alkyl halides is 3. The minimum Gasteiger partial charge on any atom is -0.493 e. The first kappa shape index (κ1) is 20.8. The molecule has 0 atom stereocenters. The van der Waals surface area contributed by atoms with E-state index >= 15 is 0 Å². The van der Waals surface area contributed by atoms with Gasteiger partial charge in [-0.15, -0.1) is 0 Å². The van der Waals surface area contributed by atoms with Crippen LogP contribution in [-0.4, -0.2) is 58.0 Å². The highest BCUT2D eigenvalue weighted by atomic mass is 19.4. The summed E-state index contributed by atoms with van der Waals surface area (Å²) in [5, 5.41) is 2.39. The third-order valence-electron chi connectivity index (χ3n) is 4.13. The van der Waals surface area contributed by atoms with Crippen molar-refractivity contribution in [2.24, 2.45) is 0 Å². The molecule has 1 amide bonds. The molecule has 0 radical (unpaired) electrons. The molecule has 0 saturated carbocycles. The van der Waals surface area contributed by atoms with Crippen LogP contribution in [0, 0.1) is 0 Å². The average molecular weight is 416 g/mol. The quantitative estimate of drug-likeness (QED) is 0.734. The molecule has 1 aromatic carbocycles. The zero-order valence-electron chi connectivity index (χ0n) is 15.3. The van der Waals surface area contributed by atoms with Gasteiger partial charge in [0.1, 0.15) is 19.5 Å². The number of nitrogens with zero attached hydrogens (tertiary/aromatic N) is 1. The zero-order chi connectivity index (χ0) is 20.9. The Balaban J connectivity index is 1.70. The van der Waals surface area contributed by atoms with Crippen molar-refractivity contribution in [3.63, 3.8) is 0 Å². The molecule has 8 nitrogen and oxygen atoms in total. The molecular formula is C18H19F3N2O6. The minimum absolute atomic E-state index is 0.0285. The maximum absolute atomic E-state index is 13.1. The lowest BCUT2D eigenvalue weighted by Crippen LogP contribution is -2.37. The number of amides is 1. The maximum Gasteiger partial charge on any atom is 0.416 e. The van der Waals surface area contributed by atoms with Gasteiger partial charge in [-0.3, -0.25) is 4.79 Å². The maximum atomic E-state index is 13.1. The Hall–Kier alpha value is -2.95. The van der Waals surface area contributed by atoms with Crippen molar-refractivity contribution in [3.05, 3.63) is 35.8 Å². The van der Waals surface area contributed by atoms with Crippen molar-refractivity contribution in [1.82, 2.24) is 0 Å². The van der Waals surface area contributed by atoms with Crippen LogP contribution in [0.1, 0.15) is 5.56 Å². The smallest absolute Gasteiger partial charge is 0.416 e. The van der Waals surface area contributed by atoms with E-state index < -0.39 is 30.2 Å². The van der Waals surface area contributed by atoms with Gasteiger partial charge in [0, 0.05) is 13.1 Å². The van der Waals surface area contributed by atoms with Gasteiger partial charge in [0.25, 0.3) is 5.91 Å². The molecule has 1 aromatic rings. The van der Waals surface area contributed by atoms with E-state index in [1.807, 2.05) is 4.90 Å². The number of nitrogens with one attached hydrogen (secondary N) is 1. The van der Waals surface area contributed by atoms with Crippen molar-refractivity contribution in [2.45, 2.75) is 6.18 Å². The SMILES string of the molecule is O=C(COC(=O)C1=COCCO1)Nc1cc(C(F)(F)F)ccc1N1CCOCC1. The van der Waals surface area contributed by atoms with Gasteiger partial charge in [0.2, 0.25) is 5.76 Å². The molecule has 1 N–H and O–H groups in total. The van der Waals surface area contributed by atoms with Crippen molar-refractivity contribution in [3.8, 4) is 0 Å². The number of anilines is 2. The van der Waals surface area contributed by atoms with Crippen LogP contribution in [-0.2, 0) is 34.7 Å². The summed E-state index contributed by atoms with van der Waals surface area (Å²) in [6, 6.07) is 3.10. The highest BCUT2D eigenvalue weighted by Gasteiger charge is 2.32. The first-order valence-corrected chi connectivity index (χ1v) is 8.80. The van der Waals surface area contributed by atoms with Gasteiger partial charge in [0.15, 0.2) is 6.61 Å². The molecule has 1 fully saturated rings. The van der Waals surface area contributed by atoms with Gasteiger partial charge in [-0.1, -0.05) is 0 Å². The predicted molar refractivity (Wildman–Crippen MR) is 94.1 cm³/mol. The second kappa shape index (κ2) is 9.03. The summed E-state index contributed by atoms with van der Waals surface area (Å²) in [4.78, 5) is 25.8. The number of hydrogen-bond donors (Lipinski definition) is 1. The van der Waals surface area contributed by atoms with Gasteiger partial charge in [0.05, 0.1) is 30.2 Å². The second-order valence-corrected chi connectivity index (χ2v) is 6.15. The number of esters is 1. The van der Waals surface area contributed by atoms with Gasteiger partial charge in [-0.05, 0) is 18.2 Å². The predicted octanol–water partition coefficient (Wildman–Crippen LogP) is 1.91. The van der Waals surface area contributed by atoms with Crippen molar-refractivity contribution < 1.29 is 41.7 Å². The number of benzene rings is 1. The van der Waals surface area contributed by atoms with Crippen molar-refractivity contribution in [2.75, 3.05) is 56.3 Å². The fourth-order valence-corrected chi connectivity index (χ4v) is 2.76. The fourth-order valence-electron chi connectivity index (χ4n) is 2.76. The number of halogens is 3. The van der Waals surface area contributed by atoms with Crippen LogP contribution in [0.25, 0.3) is 0 Å². The van der Waals surface area contributed by atoms with Crippen molar-refractivity contribution in [1.29, 1.82) is 0 Å². The number of morpholine rings is 1. The molecular weight excluding hydrogens is 397 g/mol. The van der Waals surface area contributed by atoms with Gasteiger partial charge in [-0.25, -0.2) is 4.79 Å². The van der Waals surface area contributed by atoms with Crippen LogP contribution in [0.5, 0.6) is 0 Å². The topological polar surface area (TPSA) is 86.3 Å². The van der Waals surface area contributed by atoms with E-state index in [-0.39, 0.29) is 24.7 Å². The molecule has 11 heteroatoms. The third-order valence-corrected chi connectivity index (χ3v) is 4.13. The monoisotopic (exact) mass is 416 g/mol. The summed E-state index contributed by atoms with van der Waals surface area (Å²) in [6.45, 7) is 1.53. The Labute approximate surface area is 164 Å². The molecule has 0 aliphatic carbocycles. The second-order valence-electron chi connectivity index (χ2n) is 6.15. The van der Waals surface area contributed by atoms with Crippen LogP contribution in [0.2, 0.25) is 0 Å². The summed E-state index contributed by atoms with van der Waals surface area (Å²) in [7, 11) is 0. The first-order chi connectivity index (χ1) is 13.8. The molecule has 29 heavy (non-hydrogen) atoms. The van der Waals surface area contributed by atoms with Crippen molar-refractivity contribution >= 4 is 23.3 Å². The Morgan fingerprint density at radius 2 is 1.90 bits per heavy atom. The van der Waals surface area contributed by atoms with Gasteiger partial charge < -0.3 is 29.2 Å². The van der Waals surface area contributed by atoms with Crippen LogP contribution in [0.4, 0.5) is 24.5 Å². The lowest BCUT2D eigenvalue weighted by atomic mass is 10.1. The Morgan fingerprint density at radius 1 is 1.14 bits per heavy atom. The number of ether oxygens (including phenoxy) is 4. The molecule has 0 bridgehead atoms. The largest absolute Gasteiger partial charge is 0.493 e. The molecule has 3 rings (SSSR count). The van der Waals surface area contributed by atoms with E-state index in [2.05, 4.69) is 5.32 Å². The Kier molecular flexibility index (Phi) is 6.47. The normalized spacial score (nSPS) is 16.9. The molecule has 158 valence electrons. The average Bonchev–Trinajstić information content (AvgIpc) is 2.72. The summed E-state index contributed by atoms with van der Waals surface area (Å²) in [6.07, 6.45) is -3.49. The van der Waals surface area contributed by atoms with Crippen LogP contribution in [0.15, 0.2) is 30.2 Å². The molecule has 0 unspecified atom stereocenters. The number of hydrogen-bond acceptors (Lipinski definition) is 7. The van der Waals surface area contributed by atoms with E-state index in [1.54, 1.807) is 0 Å². The zero-order valence-corrected chi connectivity index (χ0v) is 15.3. The molecule has 2 heterocycles. The van der Waals surface area contributed by atoms with E-state index in [1.165, 1.54) is 6.07 Å². The summed E-state index contributed by atoms with van der Waals surface area (Å²) < 4.78 is 59.3. The first-order valence-electron chi connectivity index (χ1n) is 8.80. The minimum atomic E-state index is -4.57.